The van der Waals surface area contributed by atoms with Crippen LogP contribution in [0.4, 0.5) is 0 Å². The first-order valence-electron chi connectivity index (χ1n) is 5.05. The van der Waals surface area contributed by atoms with Crippen molar-refractivity contribution in [2.24, 2.45) is 5.41 Å². The molecule has 1 aliphatic heterocycles. The summed E-state index contributed by atoms with van der Waals surface area (Å²) in [6.07, 6.45) is 0.512. The number of carbonyl (C=O) groups excluding carboxylic acids is 1. The van der Waals surface area contributed by atoms with Crippen molar-refractivity contribution in [2.75, 3.05) is 26.7 Å². The van der Waals surface area contributed by atoms with Crippen molar-refractivity contribution < 1.29 is 9.90 Å². The van der Waals surface area contributed by atoms with Crippen LogP contribution in [0.1, 0.15) is 20.3 Å². The average molecular weight is 200 g/mol. The Kier molecular flexibility index (Phi) is 3.50. The van der Waals surface area contributed by atoms with Crippen molar-refractivity contribution in [3.8, 4) is 0 Å². The Bertz CT molecular complexity index is 216. The molecule has 0 aliphatic carbocycles. The molecule has 1 amide bonds. The molecule has 1 fully saturated rings. The van der Waals surface area contributed by atoms with Crippen molar-refractivity contribution in [3.63, 3.8) is 0 Å². The summed E-state index contributed by atoms with van der Waals surface area (Å²) in [5.74, 6) is 0.0344. The predicted octanol–water partition coefficient (Wildman–Crippen LogP) is -0.175. The highest BCUT2D eigenvalue weighted by atomic mass is 16.3. The molecule has 1 unspecified atom stereocenters. The van der Waals surface area contributed by atoms with Gasteiger partial charge < -0.3 is 10.4 Å². The second kappa shape index (κ2) is 4.28. The van der Waals surface area contributed by atoms with Crippen molar-refractivity contribution in [1.29, 1.82) is 0 Å². The summed E-state index contributed by atoms with van der Waals surface area (Å²) < 4.78 is 0. The van der Waals surface area contributed by atoms with Crippen LogP contribution in [0.2, 0.25) is 0 Å². The Hall–Kier alpha value is -0.610. The van der Waals surface area contributed by atoms with Crippen molar-refractivity contribution in [2.45, 2.75) is 26.3 Å². The maximum absolute atomic E-state index is 11.6. The van der Waals surface area contributed by atoms with Gasteiger partial charge in [-0.15, -0.1) is 0 Å². The molecule has 0 aromatic carbocycles. The predicted molar refractivity (Wildman–Crippen MR) is 54.9 cm³/mol. The summed E-state index contributed by atoms with van der Waals surface area (Å²) in [6.45, 7) is 5.90. The van der Waals surface area contributed by atoms with Crippen LogP contribution < -0.4 is 5.32 Å². The molecule has 1 aliphatic rings. The molecule has 0 aromatic heterocycles. The van der Waals surface area contributed by atoms with Crippen LogP contribution in [0.25, 0.3) is 0 Å². The lowest BCUT2D eigenvalue weighted by atomic mass is 9.93. The van der Waals surface area contributed by atoms with Crippen LogP contribution in [0.15, 0.2) is 0 Å². The molecule has 14 heavy (non-hydrogen) atoms. The van der Waals surface area contributed by atoms with E-state index in [4.69, 9.17) is 5.11 Å². The molecule has 0 radical (unpaired) electrons. The number of likely N-dealkylation sites (N-methyl/N-ethyl adjacent to an activating group) is 1. The third-order valence-electron chi connectivity index (χ3n) is 2.66. The van der Waals surface area contributed by atoms with Crippen LogP contribution >= 0.6 is 0 Å². The molecule has 1 heterocycles. The van der Waals surface area contributed by atoms with E-state index in [2.05, 4.69) is 19.2 Å². The number of nitrogens with one attached hydrogen (secondary N) is 1. The molecule has 4 nitrogen and oxygen atoms in total. The standard InChI is InChI=1S/C10H20N2O2/c1-10(2)6-11-9(14)8(4-5-13)12(3)7-10/h8,13H,4-7H2,1-3H3,(H,11,14). The van der Waals surface area contributed by atoms with Crippen LogP contribution in [0.5, 0.6) is 0 Å². The molecule has 0 aromatic rings. The molecule has 1 rings (SSSR count). The maximum atomic E-state index is 11.6. The van der Waals surface area contributed by atoms with E-state index in [-0.39, 0.29) is 24.0 Å². The zero-order chi connectivity index (χ0) is 10.8. The Balaban J connectivity index is 2.71. The number of aliphatic hydroxyl groups is 1. The summed E-state index contributed by atoms with van der Waals surface area (Å²) in [6, 6.07) is -0.179. The van der Waals surface area contributed by atoms with Gasteiger partial charge in [0.05, 0.1) is 6.04 Å². The van der Waals surface area contributed by atoms with E-state index in [1.54, 1.807) is 0 Å². The van der Waals surface area contributed by atoms with Gasteiger partial charge in [0.1, 0.15) is 0 Å². The van der Waals surface area contributed by atoms with Crippen LogP contribution in [-0.2, 0) is 4.79 Å². The van der Waals surface area contributed by atoms with Gasteiger partial charge in [0.15, 0.2) is 0 Å². The van der Waals surface area contributed by atoms with E-state index >= 15 is 0 Å². The van der Waals surface area contributed by atoms with Gasteiger partial charge in [-0.3, -0.25) is 9.69 Å². The number of hydrogen-bond donors (Lipinski definition) is 2. The summed E-state index contributed by atoms with van der Waals surface area (Å²) in [5, 5.41) is 11.8. The minimum absolute atomic E-state index is 0.0344. The molecular weight excluding hydrogens is 180 g/mol. The van der Waals surface area contributed by atoms with E-state index in [1.165, 1.54) is 0 Å². The lowest BCUT2D eigenvalue weighted by molar-refractivity contribution is -0.125. The van der Waals surface area contributed by atoms with Gasteiger partial charge in [0.2, 0.25) is 5.91 Å². The monoisotopic (exact) mass is 200 g/mol. The first-order valence-corrected chi connectivity index (χ1v) is 5.05. The van der Waals surface area contributed by atoms with E-state index in [0.717, 1.165) is 6.54 Å². The third kappa shape index (κ3) is 2.69. The summed E-state index contributed by atoms with van der Waals surface area (Å²) in [7, 11) is 1.94. The van der Waals surface area contributed by atoms with E-state index in [0.29, 0.717) is 13.0 Å². The minimum Gasteiger partial charge on any atom is -0.396 e. The lowest BCUT2D eigenvalue weighted by Gasteiger charge is -2.28. The highest BCUT2D eigenvalue weighted by Crippen LogP contribution is 2.20. The van der Waals surface area contributed by atoms with Gasteiger partial charge in [0.25, 0.3) is 0 Å². The van der Waals surface area contributed by atoms with Gasteiger partial charge in [-0.05, 0) is 18.9 Å². The fourth-order valence-electron chi connectivity index (χ4n) is 1.96. The Labute approximate surface area is 85.3 Å². The summed E-state index contributed by atoms with van der Waals surface area (Å²) in [5.41, 5.74) is 0.106. The average Bonchev–Trinajstić information content (AvgIpc) is 2.16. The molecule has 0 spiro atoms. The lowest BCUT2D eigenvalue weighted by Crippen LogP contribution is -2.42. The molecule has 82 valence electrons. The molecule has 0 saturated carbocycles. The van der Waals surface area contributed by atoms with E-state index in [9.17, 15) is 4.79 Å². The topological polar surface area (TPSA) is 52.6 Å². The number of carbonyl (C=O) groups is 1. The number of hydrogen-bond acceptors (Lipinski definition) is 3. The largest absolute Gasteiger partial charge is 0.396 e. The maximum Gasteiger partial charge on any atom is 0.237 e. The van der Waals surface area contributed by atoms with Gasteiger partial charge in [-0.2, -0.15) is 0 Å². The van der Waals surface area contributed by atoms with Crippen molar-refractivity contribution >= 4 is 5.91 Å². The van der Waals surface area contributed by atoms with Crippen molar-refractivity contribution in [3.05, 3.63) is 0 Å². The zero-order valence-corrected chi connectivity index (χ0v) is 9.21. The minimum atomic E-state index is -0.179. The normalized spacial score (nSPS) is 28.3. The second-order valence-corrected chi connectivity index (χ2v) is 4.83. The number of rotatable bonds is 2. The quantitative estimate of drug-likeness (QED) is 0.650. The molecular formula is C10H20N2O2. The first kappa shape index (κ1) is 11.5. The molecule has 0 bridgehead atoms. The molecule has 1 atom stereocenters. The molecule has 4 heteroatoms. The fraction of sp³-hybridized carbons (Fsp3) is 0.900. The van der Waals surface area contributed by atoms with Crippen molar-refractivity contribution in [1.82, 2.24) is 10.2 Å². The molecule has 1 saturated heterocycles. The van der Waals surface area contributed by atoms with Gasteiger partial charge >= 0.3 is 0 Å². The van der Waals surface area contributed by atoms with Gasteiger partial charge in [0, 0.05) is 19.7 Å². The molecule has 2 N–H and O–H groups in total. The summed E-state index contributed by atoms with van der Waals surface area (Å²) >= 11 is 0. The first-order chi connectivity index (χ1) is 6.46. The SMILES string of the molecule is CN1CC(C)(C)CNC(=O)C1CCO. The fourth-order valence-corrected chi connectivity index (χ4v) is 1.96. The van der Waals surface area contributed by atoms with Gasteiger partial charge in [-0.1, -0.05) is 13.8 Å². The third-order valence-corrected chi connectivity index (χ3v) is 2.66. The van der Waals surface area contributed by atoms with Crippen LogP contribution in [0, 0.1) is 5.41 Å². The van der Waals surface area contributed by atoms with Crippen LogP contribution in [0.3, 0.4) is 0 Å². The Morgan fingerprint density at radius 1 is 1.64 bits per heavy atom. The number of nitrogens with zero attached hydrogens (tertiary/aromatic N) is 1. The number of aliphatic hydroxyl groups excluding tert-OH is 1. The second-order valence-electron chi connectivity index (χ2n) is 4.83. The Morgan fingerprint density at radius 3 is 2.86 bits per heavy atom. The van der Waals surface area contributed by atoms with Gasteiger partial charge in [-0.25, -0.2) is 0 Å². The van der Waals surface area contributed by atoms with E-state index in [1.807, 2.05) is 11.9 Å². The zero-order valence-electron chi connectivity index (χ0n) is 9.21. The highest BCUT2D eigenvalue weighted by molar-refractivity contribution is 5.82. The smallest absolute Gasteiger partial charge is 0.237 e. The Morgan fingerprint density at radius 2 is 2.29 bits per heavy atom. The summed E-state index contributed by atoms with van der Waals surface area (Å²) in [4.78, 5) is 13.7. The highest BCUT2D eigenvalue weighted by Gasteiger charge is 2.32. The number of amides is 1. The van der Waals surface area contributed by atoms with E-state index < -0.39 is 0 Å². The van der Waals surface area contributed by atoms with Crippen LogP contribution in [-0.4, -0.2) is 48.7 Å².